The number of hydrogen-bond donors (Lipinski definition) is 0. The van der Waals surface area contributed by atoms with E-state index < -0.39 is 24.0 Å². The highest BCUT2D eigenvalue weighted by Gasteiger charge is 2.53. The van der Waals surface area contributed by atoms with Crippen LogP contribution in [0.25, 0.3) is 6.08 Å². The van der Waals surface area contributed by atoms with E-state index in [1.54, 1.807) is 10.9 Å². The van der Waals surface area contributed by atoms with Gasteiger partial charge in [0.15, 0.2) is 0 Å². The zero-order chi connectivity index (χ0) is 18.2. The molecule has 1 unspecified atom stereocenters. The second kappa shape index (κ2) is 6.77. The lowest BCUT2D eigenvalue weighted by atomic mass is 9.87. The minimum Gasteiger partial charge on any atom is -0.398 e. The fraction of sp³-hybridized carbons (Fsp3) is 0.750. The normalized spacial score (nSPS) is 26.6. The van der Waals surface area contributed by atoms with E-state index in [4.69, 9.17) is 9.31 Å². The first-order valence-corrected chi connectivity index (χ1v) is 8.65. The SMILES string of the molecule is CC1(C)OB(C(F)=Cc2cn(C3CCN(CCF)C3)nn2)OC1(C)C. The van der Waals surface area contributed by atoms with E-state index in [1.165, 1.54) is 6.08 Å². The molecule has 0 N–H and O–H groups in total. The van der Waals surface area contributed by atoms with Gasteiger partial charge < -0.3 is 9.31 Å². The standard InChI is InChI=1S/C16H25BF2N4O2/c1-15(2)16(3,4)25-17(24-15)14(19)9-12-10-23(21-20-12)13-5-7-22(11-13)8-6-18/h9-10,13H,5-8,11H2,1-4H3. The van der Waals surface area contributed by atoms with Crippen molar-refractivity contribution in [1.29, 1.82) is 0 Å². The van der Waals surface area contributed by atoms with E-state index in [-0.39, 0.29) is 12.7 Å². The Morgan fingerprint density at radius 3 is 2.68 bits per heavy atom. The predicted molar refractivity (Wildman–Crippen MR) is 91.3 cm³/mol. The number of aromatic nitrogens is 3. The smallest absolute Gasteiger partial charge is 0.398 e. The molecule has 9 heteroatoms. The van der Waals surface area contributed by atoms with Crippen molar-refractivity contribution in [3.63, 3.8) is 0 Å². The Kier molecular flexibility index (Phi) is 5.01. The fourth-order valence-corrected chi connectivity index (χ4v) is 3.05. The van der Waals surface area contributed by atoms with Crippen molar-refractivity contribution >= 4 is 13.2 Å². The van der Waals surface area contributed by atoms with Gasteiger partial charge in [-0.15, -0.1) is 5.10 Å². The van der Waals surface area contributed by atoms with Gasteiger partial charge in [0.05, 0.1) is 23.4 Å². The van der Waals surface area contributed by atoms with Crippen LogP contribution in [-0.2, 0) is 9.31 Å². The van der Waals surface area contributed by atoms with Crippen LogP contribution in [0.3, 0.4) is 0 Å². The quantitative estimate of drug-likeness (QED) is 0.761. The molecule has 138 valence electrons. The topological polar surface area (TPSA) is 52.4 Å². The molecule has 0 aromatic carbocycles. The second-order valence-electron chi connectivity index (χ2n) is 7.67. The molecule has 1 aromatic heterocycles. The molecule has 0 aliphatic carbocycles. The Hall–Kier alpha value is -1.32. The number of likely N-dealkylation sites (tertiary alicyclic amines) is 1. The summed E-state index contributed by atoms with van der Waals surface area (Å²) in [4.78, 5) is 2.05. The van der Waals surface area contributed by atoms with Crippen LogP contribution in [0.4, 0.5) is 8.78 Å². The lowest BCUT2D eigenvalue weighted by Crippen LogP contribution is -2.41. The first-order valence-electron chi connectivity index (χ1n) is 8.65. The number of hydrogen-bond acceptors (Lipinski definition) is 5. The average molecular weight is 354 g/mol. The van der Waals surface area contributed by atoms with Gasteiger partial charge in [-0.1, -0.05) is 5.21 Å². The largest absolute Gasteiger partial charge is 0.525 e. The minimum atomic E-state index is -1.04. The van der Waals surface area contributed by atoms with Gasteiger partial charge in [0.1, 0.15) is 18.1 Å². The molecule has 1 aromatic rings. The highest BCUT2D eigenvalue weighted by Crippen LogP contribution is 2.39. The fourth-order valence-electron chi connectivity index (χ4n) is 3.05. The maximum Gasteiger partial charge on any atom is 0.525 e. The summed E-state index contributed by atoms with van der Waals surface area (Å²) in [5.74, 6) is 0. The summed E-state index contributed by atoms with van der Waals surface area (Å²) in [6, 6.07) is 0.140. The molecule has 2 aliphatic heterocycles. The van der Waals surface area contributed by atoms with E-state index >= 15 is 0 Å². The lowest BCUT2D eigenvalue weighted by molar-refractivity contribution is 0.00578. The Balaban J connectivity index is 1.66. The third kappa shape index (κ3) is 3.78. The van der Waals surface area contributed by atoms with Crippen LogP contribution < -0.4 is 0 Å². The molecular weight excluding hydrogens is 329 g/mol. The van der Waals surface area contributed by atoms with Crippen molar-refractivity contribution in [2.45, 2.75) is 51.4 Å². The molecule has 25 heavy (non-hydrogen) atoms. The predicted octanol–water partition coefficient (Wildman–Crippen LogP) is 2.44. The Bertz CT molecular complexity index is 634. The number of nitrogens with zero attached hydrogens (tertiary/aromatic N) is 4. The Morgan fingerprint density at radius 2 is 2.04 bits per heavy atom. The van der Waals surface area contributed by atoms with Gasteiger partial charge in [-0.2, -0.15) is 0 Å². The Labute approximate surface area is 147 Å². The average Bonchev–Trinajstić information content (AvgIpc) is 3.19. The summed E-state index contributed by atoms with van der Waals surface area (Å²) in [6.07, 6.45) is 3.88. The van der Waals surface area contributed by atoms with E-state index in [9.17, 15) is 8.78 Å². The molecule has 3 heterocycles. The molecule has 2 fully saturated rings. The van der Waals surface area contributed by atoms with Gasteiger partial charge in [-0.25, -0.2) is 13.5 Å². The number of rotatable bonds is 5. The van der Waals surface area contributed by atoms with Crippen LogP contribution in [0.15, 0.2) is 11.9 Å². The van der Waals surface area contributed by atoms with E-state index in [1.807, 2.05) is 32.6 Å². The van der Waals surface area contributed by atoms with Gasteiger partial charge in [0, 0.05) is 19.6 Å². The molecule has 6 nitrogen and oxygen atoms in total. The van der Waals surface area contributed by atoms with Gasteiger partial charge in [0.2, 0.25) is 0 Å². The van der Waals surface area contributed by atoms with E-state index in [2.05, 4.69) is 10.3 Å². The maximum absolute atomic E-state index is 14.5. The highest BCUT2D eigenvalue weighted by atomic mass is 19.1. The van der Waals surface area contributed by atoms with Crippen LogP contribution in [0, 0.1) is 0 Å². The minimum absolute atomic E-state index is 0.140. The number of halogens is 2. The summed E-state index contributed by atoms with van der Waals surface area (Å²) in [5, 5.41) is 8.09. The van der Waals surface area contributed by atoms with E-state index in [0.717, 1.165) is 19.5 Å². The molecule has 2 aliphatic rings. The number of alkyl halides is 1. The van der Waals surface area contributed by atoms with Crippen molar-refractivity contribution in [3.8, 4) is 0 Å². The molecule has 0 amide bonds. The van der Waals surface area contributed by atoms with Crippen molar-refractivity contribution in [3.05, 3.63) is 17.6 Å². The monoisotopic (exact) mass is 354 g/mol. The highest BCUT2D eigenvalue weighted by molar-refractivity contribution is 6.54. The first kappa shape index (κ1) is 18.5. The summed E-state index contributed by atoms with van der Waals surface area (Å²) in [6.45, 7) is 9.16. The molecular formula is C16H25BF2N4O2. The summed E-state index contributed by atoms with van der Waals surface area (Å²) < 4.78 is 40.0. The summed E-state index contributed by atoms with van der Waals surface area (Å²) >= 11 is 0. The Morgan fingerprint density at radius 1 is 1.36 bits per heavy atom. The molecule has 1 atom stereocenters. The second-order valence-corrected chi connectivity index (χ2v) is 7.67. The van der Waals surface area contributed by atoms with Crippen LogP contribution in [0.2, 0.25) is 0 Å². The van der Waals surface area contributed by atoms with Gasteiger partial charge in [-0.05, 0) is 40.2 Å². The molecule has 0 saturated carbocycles. The van der Waals surface area contributed by atoms with Crippen molar-refractivity contribution < 1.29 is 18.1 Å². The van der Waals surface area contributed by atoms with Crippen molar-refractivity contribution in [2.75, 3.05) is 26.3 Å². The third-order valence-corrected chi connectivity index (χ3v) is 5.31. The van der Waals surface area contributed by atoms with Crippen LogP contribution in [0.1, 0.15) is 45.9 Å². The first-order chi connectivity index (χ1) is 11.7. The summed E-state index contributed by atoms with van der Waals surface area (Å²) in [5.41, 5.74) is -1.30. The zero-order valence-electron chi connectivity index (χ0n) is 15.2. The van der Waals surface area contributed by atoms with Crippen molar-refractivity contribution in [2.24, 2.45) is 0 Å². The van der Waals surface area contributed by atoms with Gasteiger partial charge >= 0.3 is 7.12 Å². The van der Waals surface area contributed by atoms with E-state index in [0.29, 0.717) is 12.2 Å². The van der Waals surface area contributed by atoms with Gasteiger partial charge in [-0.3, -0.25) is 4.90 Å². The third-order valence-electron chi connectivity index (χ3n) is 5.31. The molecule has 2 saturated heterocycles. The maximum atomic E-state index is 14.5. The zero-order valence-corrected chi connectivity index (χ0v) is 15.2. The van der Waals surface area contributed by atoms with Crippen LogP contribution >= 0.6 is 0 Å². The molecule has 0 radical (unpaired) electrons. The molecule has 0 spiro atoms. The van der Waals surface area contributed by atoms with Crippen molar-refractivity contribution in [1.82, 2.24) is 19.9 Å². The van der Waals surface area contributed by atoms with Crippen LogP contribution in [0.5, 0.6) is 0 Å². The summed E-state index contributed by atoms with van der Waals surface area (Å²) in [7, 11) is -1.04. The van der Waals surface area contributed by atoms with Gasteiger partial charge in [0.25, 0.3) is 0 Å². The molecule has 3 rings (SSSR count). The molecule has 0 bridgehead atoms. The lowest BCUT2D eigenvalue weighted by Gasteiger charge is -2.32. The van der Waals surface area contributed by atoms with Crippen LogP contribution in [-0.4, -0.2) is 64.5 Å².